The van der Waals surface area contributed by atoms with Crippen LogP contribution in [0.15, 0.2) is 0 Å². The van der Waals surface area contributed by atoms with Gasteiger partial charge in [0.2, 0.25) is 0 Å². The summed E-state index contributed by atoms with van der Waals surface area (Å²) >= 11 is 0. The summed E-state index contributed by atoms with van der Waals surface area (Å²) in [5.41, 5.74) is -3.30. The van der Waals surface area contributed by atoms with E-state index in [0.29, 0.717) is 13.3 Å². The second-order valence-corrected chi connectivity index (χ2v) is 5.81. The summed E-state index contributed by atoms with van der Waals surface area (Å²) < 4.78 is 74.9. The van der Waals surface area contributed by atoms with Crippen molar-refractivity contribution in [2.45, 2.75) is 50.7 Å². The minimum atomic E-state index is -5.82. The lowest BCUT2D eigenvalue weighted by atomic mass is 9.77. The summed E-state index contributed by atoms with van der Waals surface area (Å²) in [6.07, 6.45) is -5.40. The van der Waals surface area contributed by atoms with Gasteiger partial charge in [-0.2, -0.15) is 22.0 Å². The molecule has 1 aliphatic heterocycles. The van der Waals surface area contributed by atoms with Gasteiger partial charge in [-0.25, -0.2) is 0 Å². The van der Waals surface area contributed by atoms with Crippen LogP contribution in [0.2, 0.25) is 0 Å². The maximum absolute atomic E-state index is 14.0. The average Bonchev–Trinajstić information content (AvgIpc) is 2.42. The van der Waals surface area contributed by atoms with Crippen LogP contribution in [0.25, 0.3) is 0 Å². The molecule has 1 saturated heterocycles. The molecule has 1 rings (SSSR count). The SMILES string of the molecule is CCC(C)C(=O)OCC1COC(O)(C(F)(F)F)C(F)(F)C1(C)O. The van der Waals surface area contributed by atoms with Gasteiger partial charge in [-0.05, 0) is 13.3 Å². The number of hydrogen-bond donors (Lipinski definition) is 2. The molecule has 23 heavy (non-hydrogen) atoms. The molecule has 0 aliphatic carbocycles. The zero-order valence-corrected chi connectivity index (χ0v) is 12.8. The van der Waals surface area contributed by atoms with E-state index in [1.807, 2.05) is 0 Å². The smallest absolute Gasteiger partial charge is 0.449 e. The van der Waals surface area contributed by atoms with E-state index < -0.39 is 54.5 Å². The monoisotopic (exact) mass is 350 g/mol. The van der Waals surface area contributed by atoms with Crippen LogP contribution >= 0.6 is 0 Å². The summed E-state index contributed by atoms with van der Waals surface area (Å²) in [6, 6.07) is 0. The van der Waals surface area contributed by atoms with Gasteiger partial charge in [0, 0.05) is 0 Å². The molecule has 0 aromatic heterocycles. The summed E-state index contributed by atoms with van der Waals surface area (Å²) in [5.74, 6) is -12.8. The van der Waals surface area contributed by atoms with E-state index in [9.17, 15) is 37.0 Å². The van der Waals surface area contributed by atoms with Crippen molar-refractivity contribution in [2.24, 2.45) is 11.8 Å². The van der Waals surface area contributed by atoms with Gasteiger partial charge in [0.25, 0.3) is 0 Å². The first-order valence-electron chi connectivity index (χ1n) is 6.92. The average molecular weight is 350 g/mol. The maximum Gasteiger partial charge on any atom is 0.449 e. The van der Waals surface area contributed by atoms with Crippen LogP contribution < -0.4 is 0 Å². The highest BCUT2D eigenvalue weighted by Gasteiger charge is 2.80. The molecule has 1 heterocycles. The number of ether oxygens (including phenoxy) is 2. The van der Waals surface area contributed by atoms with Crippen LogP contribution in [-0.4, -0.2) is 52.9 Å². The van der Waals surface area contributed by atoms with Crippen molar-refractivity contribution in [1.29, 1.82) is 0 Å². The molecule has 5 nitrogen and oxygen atoms in total. The summed E-state index contributed by atoms with van der Waals surface area (Å²) in [7, 11) is 0. The zero-order chi connectivity index (χ0) is 18.3. The standard InChI is InChI=1S/C13H19F5O5/c1-4-7(2)9(19)22-5-8-6-23-12(21,13(16,17)18)11(14,15)10(8,3)20/h7-8,20-21H,4-6H2,1-3H3. The molecule has 0 aromatic rings. The molecule has 0 bridgehead atoms. The number of carbonyl (C=O) groups is 1. The quantitative estimate of drug-likeness (QED) is 0.598. The second kappa shape index (κ2) is 6.14. The first-order valence-corrected chi connectivity index (χ1v) is 6.92. The molecular weight excluding hydrogens is 331 g/mol. The lowest BCUT2D eigenvalue weighted by Gasteiger charge is -2.50. The predicted octanol–water partition coefficient (Wildman–Crippen LogP) is 1.86. The Morgan fingerprint density at radius 1 is 1.39 bits per heavy atom. The van der Waals surface area contributed by atoms with Gasteiger partial charge in [-0.15, -0.1) is 0 Å². The lowest BCUT2D eigenvalue weighted by molar-refractivity contribution is -0.479. The minimum absolute atomic E-state index is 0.417. The van der Waals surface area contributed by atoms with Gasteiger partial charge in [0.15, 0.2) is 0 Å². The van der Waals surface area contributed by atoms with E-state index >= 15 is 0 Å². The van der Waals surface area contributed by atoms with Crippen LogP contribution in [0.3, 0.4) is 0 Å². The molecule has 4 atom stereocenters. The third-order valence-corrected chi connectivity index (χ3v) is 4.18. The predicted molar refractivity (Wildman–Crippen MR) is 66.4 cm³/mol. The van der Waals surface area contributed by atoms with Crippen molar-refractivity contribution < 1.29 is 46.4 Å². The maximum atomic E-state index is 14.0. The molecule has 0 amide bonds. The fraction of sp³-hybridized carbons (Fsp3) is 0.923. The largest absolute Gasteiger partial charge is 0.465 e. The number of alkyl halides is 5. The molecule has 0 radical (unpaired) electrons. The fourth-order valence-corrected chi connectivity index (χ4v) is 2.04. The molecule has 0 spiro atoms. The van der Waals surface area contributed by atoms with E-state index in [0.717, 1.165) is 0 Å². The molecular formula is C13H19F5O5. The van der Waals surface area contributed by atoms with Crippen molar-refractivity contribution in [3.05, 3.63) is 0 Å². The third-order valence-electron chi connectivity index (χ3n) is 4.18. The van der Waals surface area contributed by atoms with Crippen molar-refractivity contribution >= 4 is 5.97 Å². The van der Waals surface area contributed by atoms with Gasteiger partial charge in [0.05, 0.1) is 25.0 Å². The van der Waals surface area contributed by atoms with Crippen LogP contribution in [-0.2, 0) is 14.3 Å². The van der Waals surface area contributed by atoms with Crippen LogP contribution in [0.4, 0.5) is 22.0 Å². The van der Waals surface area contributed by atoms with Crippen LogP contribution in [0.1, 0.15) is 27.2 Å². The van der Waals surface area contributed by atoms with Gasteiger partial charge < -0.3 is 19.7 Å². The van der Waals surface area contributed by atoms with E-state index in [2.05, 4.69) is 4.74 Å². The van der Waals surface area contributed by atoms with E-state index in [-0.39, 0.29) is 0 Å². The van der Waals surface area contributed by atoms with Crippen molar-refractivity contribution in [3.8, 4) is 0 Å². The van der Waals surface area contributed by atoms with E-state index in [4.69, 9.17) is 4.74 Å². The number of halogens is 5. The second-order valence-electron chi connectivity index (χ2n) is 5.81. The molecule has 136 valence electrons. The number of rotatable bonds is 4. The van der Waals surface area contributed by atoms with E-state index in [1.165, 1.54) is 6.92 Å². The summed E-state index contributed by atoms with van der Waals surface area (Å²) in [6.45, 7) is 1.82. The molecule has 2 N–H and O–H groups in total. The number of carbonyl (C=O) groups excluding carboxylic acids is 1. The topological polar surface area (TPSA) is 76.0 Å². The number of hydrogen-bond acceptors (Lipinski definition) is 5. The lowest BCUT2D eigenvalue weighted by Crippen LogP contribution is -2.75. The molecule has 0 aromatic carbocycles. The highest BCUT2D eigenvalue weighted by Crippen LogP contribution is 2.53. The Balaban J connectivity index is 2.96. The Kier molecular flexibility index (Phi) is 5.35. The van der Waals surface area contributed by atoms with E-state index in [1.54, 1.807) is 6.92 Å². The van der Waals surface area contributed by atoms with Crippen molar-refractivity contribution in [2.75, 3.05) is 13.2 Å². The number of aliphatic hydroxyl groups is 2. The van der Waals surface area contributed by atoms with Gasteiger partial charge in [-0.1, -0.05) is 13.8 Å². The minimum Gasteiger partial charge on any atom is -0.465 e. The molecule has 4 unspecified atom stereocenters. The first-order chi connectivity index (χ1) is 10.2. The Labute approximate surface area is 129 Å². The summed E-state index contributed by atoms with van der Waals surface area (Å²) in [5, 5.41) is 19.1. The molecule has 0 saturated carbocycles. The van der Waals surface area contributed by atoms with Gasteiger partial charge in [-0.3, -0.25) is 4.79 Å². The Bertz CT molecular complexity index is 451. The Morgan fingerprint density at radius 2 is 1.91 bits per heavy atom. The molecule has 1 aliphatic rings. The molecule has 10 heteroatoms. The first kappa shape index (κ1) is 20.0. The fourth-order valence-electron chi connectivity index (χ4n) is 2.04. The normalized spacial score (nSPS) is 35.7. The highest BCUT2D eigenvalue weighted by molar-refractivity contribution is 5.71. The summed E-state index contributed by atoms with van der Waals surface area (Å²) in [4.78, 5) is 11.5. The Hall–Kier alpha value is -1.00. The van der Waals surface area contributed by atoms with Crippen molar-refractivity contribution in [1.82, 2.24) is 0 Å². The highest BCUT2D eigenvalue weighted by atomic mass is 19.4. The number of esters is 1. The van der Waals surface area contributed by atoms with Crippen LogP contribution in [0, 0.1) is 11.8 Å². The van der Waals surface area contributed by atoms with Gasteiger partial charge in [0.1, 0.15) is 5.60 Å². The molecule has 1 fully saturated rings. The third kappa shape index (κ3) is 3.16. The van der Waals surface area contributed by atoms with Crippen LogP contribution in [0.5, 0.6) is 0 Å². The Morgan fingerprint density at radius 3 is 2.35 bits per heavy atom. The zero-order valence-electron chi connectivity index (χ0n) is 12.8. The van der Waals surface area contributed by atoms with Crippen molar-refractivity contribution in [3.63, 3.8) is 0 Å². The van der Waals surface area contributed by atoms with Gasteiger partial charge >= 0.3 is 23.9 Å².